The number of carbonyl (C=O) groups excluding carboxylic acids is 2. The van der Waals surface area contributed by atoms with Crippen LogP contribution < -0.4 is 10.9 Å². The summed E-state index contributed by atoms with van der Waals surface area (Å²) in [5, 5.41) is 3.15. The predicted octanol–water partition coefficient (Wildman–Crippen LogP) is 4.02. The van der Waals surface area contributed by atoms with Crippen molar-refractivity contribution in [2.24, 2.45) is 0 Å². The van der Waals surface area contributed by atoms with E-state index >= 15 is 0 Å². The summed E-state index contributed by atoms with van der Waals surface area (Å²) in [4.78, 5) is 43.1. The fraction of sp³-hybridized carbons (Fsp3) is 0.154. The number of ketones is 1. The van der Waals surface area contributed by atoms with E-state index in [1.54, 1.807) is 0 Å². The molecule has 184 valence electrons. The number of methoxy groups -OCH3 is 1. The van der Waals surface area contributed by atoms with Crippen LogP contribution in [0.15, 0.2) is 76.7 Å². The van der Waals surface area contributed by atoms with Crippen molar-refractivity contribution in [3.05, 3.63) is 99.8 Å². The van der Waals surface area contributed by atoms with Gasteiger partial charge in [0.2, 0.25) is 0 Å². The average Bonchev–Trinajstić information content (AvgIpc) is 2.88. The van der Waals surface area contributed by atoms with Gasteiger partial charge in [0.1, 0.15) is 11.6 Å². The molecule has 3 aromatic carbocycles. The number of hydrogen-bond acceptors (Lipinski definition) is 6. The van der Waals surface area contributed by atoms with Crippen LogP contribution >= 0.6 is 11.8 Å². The molecule has 0 aliphatic carbocycles. The molecule has 1 aromatic heterocycles. The average molecular weight is 510 g/mol. The van der Waals surface area contributed by atoms with Gasteiger partial charge in [0.15, 0.2) is 10.9 Å². The van der Waals surface area contributed by atoms with Crippen LogP contribution in [0.1, 0.15) is 20.7 Å². The van der Waals surface area contributed by atoms with E-state index in [-0.39, 0.29) is 33.5 Å². The quantitative estimate of drug-likeness (QED) is 0.159. The third-order valence-electron chi connectivity index (χ3n) is 5.28. The number of Topliss-reactive ketones (excluding diaryl/α,β-unsaturated/α-hetero) is 1. The molecule has 0 radical (unpaired) electrons. The normalized spacial score (nSPS) is 11.0. The Morgan fingerprint density at radius 2 is 1.61 bits per heavy atom. The third kappa shape index (κ3) is 5.67. The molecule has 4 aromatic rings. The van der Waals surface area contributed by atoms with E-state index in [4.69, 9.17) is 4.74 Å². The number of carbonyl (C=O) groups is 2. The number of rotatable bonds is 9. The van der Waals surface area contributed by atoms with Gasteiger partial charge in [0.25, 0.3) is 11.5 Å². The van der Waals surface area contributed by atoms with Crippen molar-refractivity contribution in [3.63, 3.8) is 0 Å². The van der Waals surface area contributed by atoms with Crippen molar-refractivity contribution >= 4 is 34.4 Å². The number of fused-ring (bicyclic) bond motifs is 1. The number of nitrogens with zero attached hydrogens (tertiary/aromatic N) is 2. The topological polar surface area (TPSA) is 90.3 Å². The molecule has 0 bridgehead atoms. The number of halogens is 2. The molecule has 1 amide bonds. The molecule has 0 fully saturated rings. The van der Waals surface area contributed by atoms with E-state index in [1.165, 1.54) is 78.4 Å². The maximum Gasteiger partial charge on any atom is 0.266 e. The molecule has 0 aliphatic heterocycles. The lowest BCUT2D eigenvalue weighted by molar-refractivity contribution is 0.0936. The first kappa shape index (κ1) is 25.2. The smallest absolute Gasteiger partial charge is 0.266 e. The molecule has 0 aliphatic rings. The van der Waals surface area contributed by atoms with E-state index < -0.39 is 17.2 Å². The van der Waals surface area contributed by atoms with Crippen LogP contribution in [0.2, 0.25) is 0 Å². The van der Waals surface area contributed by atoms with E-state index in [0.717, 1.165) is 11.8 Å². The van der Waals surface area contributed by atoms with Crippen molar-refractivity contribution in [1.82, 2.24) is 14.9 Å². The van der Waals surface area contributed by atoms with Crippen LogP contribution in [-0.2, 0) is 4.74 Å². The maximum absolute atomic E-state index is 13.5. The summed E-state index contributed by atoms with van der Waals surface area (Å²) in [7, 11) is 1.53. The Morgan fingerprint density at radius 1 is 0.972 bits per heavy atom. The zero-order chi connectivity index (χ0) is 25.7. The number of benzene rings is 3. The second-order valence-corrected chi connectivity index (χ2v) is 8.65. The highest BCUT2D eigenvalue weighted by Gasteiger charge is 2.17. The van der Waals surface area contributed by atoms with E-state index in [9.17, 15) is 23.2 Å². The monoisotopic (exact) mass is 509 g/mol. The number of nitrogens with one attached hydrogen (secondary N) is 1. The van der Waals surface area contributed by atoms with Gasteiger partial charge in [-0.2, -0.15) is 0 Å². The van der Waals surface area contributed by atoms with E-state index in [2.05, 4.69) is 10.3 Å². The lowest BCUT2D eigenvalue weighted by atomic mass is 10.1. The fourth-order valence-corrected chi connectivity index (χ4v) is 4.35. The molecule has 0 saturated heterocycles. The summed E-state index contributed by atoms with van der Waals surface area (Å²) in [6.07, 6.45) is 0. The van der Waals surface area contributed by atoms with E-state index in [0.29, 0.717) is 30.0 Å². The van der Waals surface area contributed by atoms with Crippen molar-refractivity contribution in [2.45, 2.75) is 5.16 Å². The Labute approximate surface area is 209 Å². The standard InChI is InChI=1S/C26H21F2N3O4S/c1-35-13-12-29-24(33)17-4-11-21-22(14-17)30-26(31(25(21)34)20-9-7-19(28)8-10-20)36-15-23(32)16-2-5-18(27)6-3-16/h2-11,14H,12-13,15H2,1H3,(H,29,33). The summed E-state index contributed by atoms with van der Waals surface area (Å²) in [6, 6.07) is 15.0. The Hall–Kier alpha value is -3.89. The second kappa shape index (κ2) is 11.2. The lowest BCUT2D eigenvalue weighted by Crippen LogP contribution is -2.27. The van der Waals surface area contributed by atoms with Crippen LogP contribution in [0.25, 0.3) is 16.6 Å². The van der Waals surface area contributed by atoms with E-state index in [1.807, 2.05) is 0 Å². The highest BCUT2D eigenvalue weighted by Crippen LogP contribution is 2.23. The van der Waals surface area contributed by atoms with Crippen molar-refractivity contribution in [2.75, 3.05) is 26.0 Å². The van der Waals surface area contributed by atoms with Gasteiger partial charge in [-0.25, -0.2) is 13.8 Å². The highest BCUT2D eigenvalue weighted by molar-refractivity contribution is 7.99. The highest BCUT2D eigenvalue weighted by atomic mass is 32.2. The first-order valence-corrected chi connectivity index (χ1v) is 11.9. The number of aromatic nitrogens is 2. The molecule has 36 heavy (non-hydrogen) atoms. The van der Waals surface area contributed by atoms with Gasteiger partial charge in [-0.3, -0.25) is 19.0 Å². The summed E-state index contributed by atoms with van der Waals surface area (Å²) < 4.78 is 33.0. The van der Waals surface area contributed by atoms with Crippen molar-refractivity contribution < 1.29 is 23.1 Å². The minimum atomic E-state index is -0.467. The molecule has 1 N–H and O–H groups in total. The summed E-state index contributed by atoms with van der Waals surface area (Å²) in [6.45, 7) is 0.669. The molecular weight excluding hydrogens is 488 g/mol. The Bertz CT molecular complexity index is 1470. The van der Waals surface area contributed by atoms with Crippen LogP contribution in [0.3, 0.4) is 0 Å². The minimum absolute atomic E-state index is 0.0814. The molecule has 4 rings (SSSR count). The Balaban J connectivity index is 1.73. The lowest BCUT2D eigenvalue weighted by Gasteiger charge is -2.14. The Kier molecular flexibility index (Phi) is 7.87. The van der Waals surface area contributed by atoms with Gasteiger partial charge < -0.3 is 10.1 Å². The van der Waals surface area contributed by atoms with Crippen molar-refractivity contribution in [1.29, 1.82) is 0 Å². The molecular formula is C26H21F2N3O4S. The molecule has 0 saturated carbocycles. The maximum atomic E-state index is 13.5. The van der Waals surface area contributed by atoms with Gasteiger partial charge >= 0.3 is 0 Å². The largest absolute Gasteiger partial charge is 0.383 e. The molecule has 7 nitrogen and oxygen atoms in total. The van der Waals surface area contributed by atoms with Gasteiger partial charge in [-0.15, -0.1) is 0 Å². The number of ether oxygens (including phenoxy) is 1. The fourth-order valence-electron chi connectivity index (χ4n) is 3.44. The summed E-state index contributed by atoms with van der Waals surface area (Å²) in [5.74, 6) is -1.64. The van der Waals surface area contributed by atoms with Gasteiger partial charge in [0.05, 0.1) is 29.0 Å². The molecule has 0 atom stereocenters. The molecule has 10 heteroatoms. The minimum Gasteiger partial charge on any atom is -0.383 e. The number of thioether (sulfide) groups is 1. The Morgan fingerprint density at radius 3 is 2.28 bits per heavy atom. The SMILES string of the molecule is COCCNC(=O)c1ccc2c(=O)n(-c3ccc(F)cc3)c(SCC(=O)c3ccc(F)cc3)nc2c1. The van der Waals surface area contributed by atoms with Crippen LogP contribution in [0, 0.1) is 11.6 Å². The summed E-state index contributed by atoms with van der Waals surface area (Å²) in [5.41, 5.74) is 0.830. The third-order valence-corrected chi connectivity index (χ3v) is 6.21. The van der Waals surface area contributed by atoms with Gasteiger partial charge in [0, 0.05) is 24.8 Å². The molecule has 0 spiro atoms. The van der Waals surface area contributed by atoms with Gasteiger partial charge in [-0.05, 0) is 66.7 Å². The van der Waals surface area contributed by atoms with Crippen LogP contribution in [0.5, 0.6) is 0 Å². The summed E-state index contributed by atoms with van der Waals surface area (Å²) >= 11 is 1.01. The van der Waals surface area contributed by atoms with Gasteiger partial charge in [-0.1, -0.05) is 11.8 Å². The van der Waals surface area contributed by atoms with Crippen LogP contribution in [0.4, 0.5) is 8.78 Å². The number of hydrogen-bond donors (Lipinski definition) is 1. The first-order chi connectivity index (χ1) is 17.4. The number of amides is 1. The van der Waals surface area contributed by atoms with Crippen molar-refractivity contribution in [3.8, 4) is 5.69 Å². The zero-order valence-electron chi connectivity index (χ0n) is 19.2. The predicted molar refractivity (Wildman–Crippen MR) is 133 cm³/mol. The molecule has 1 heterocycles. The van der Waals surface area contributed by atoms with Crippen LogP contribution in [-0.4, -0.2) is 47.3 Å². The molecule has 0 unspecified atom stereocenters. The second-order valence-electron chi connectivity index (χ2n) is 7.71. The zero-order valence-corrected chi connectivity index (χ0v) is 20.0. The first-order valence-electron chi connectivity index (χ1n) is 10.9.